The minimum absolute atomic E-state index is 0.784. The molecule has 3 heterocycles. The highest BCUT2D eigenvalue weighted by Gasteiger charge is 2.21. The molecular weight excluding hydrogens is 336 g/mol. The number of hydroxylamine groups is 1. The van der Waals surface area contributed by atoms with Crippen LogP contribution in [0.3, 0.4) is 0 Å². The van der Waals surface area contributed by atoms with Gasteiger partial charge in [-0.3, -0.25) is 14.8 Å². The summed E-state index contributed by atoms with van der Waals surface area (Å²) in [6.07, 6.45) is 3.02. The fourth-order valence-corrected chi connectivity index (χ4v) is 4.19. The Balaban J connectivity index is 1.17. The van der Waals surface area contributed by atoms with Gasteiger partial charge in [0.2, 0.25) is 0 Å². The van der Waals surface area contributed by atoms with Crippen molar-refractivity contribution in [2.45, 2.75) is 6.42 Å². The number of piperazine rings is 1. The number of fused-ring (bicyclic) bond motifs is 2. The number of nitrogens with one attached hydrogen (secondary N) is 1. The number of benzene rings is 2. The highest BCUT2D eigenvalue weighted by Crippen LogP contribution is 2.26. The molecule has 0 atom stereocenters. The van der Waals surface area contributed by atoms with Crippen molar-refractivity contribution in [1.29, 1.82) is 0 Å². The Bertz CT molecular complexity index is 913. The topological polar surface area (TPSA) is 34.7 Å². The molecule has 2 aliphatic heterocycles. The van der Waals surface area contributed by atoms with Crippen molar-refractivity contribution in [3.63, 3.8) is 0 Å². The van der Waals surface area contributed by atoms with Crippen LogP contribution in [0.4, 0.5) is 11.4 Å². The summed E-state index contributed by atoms with van der Waals surface area (Å²) in [6, 6.07) is 17.4. The van der Waals surface area contributed by atoms with Crippen molar-refractivity contribution in [3.8, 4) is 0 Å². The first-order valence-electron chi connectivity index (χ1n) is 9.90. The third-order valence-corrected chi connectivity index (χ3v) is 5.77. The van der Waals surface area contributed by atoms with Crippen LogP contribution in [-0.2, 0) is 11.3 Å². The smallest absolute Gasteiger partial charge is 0.0789 e. The van der Waals surface area contributed by atoms with Crippen LogP contribution in [0.2, 0.25) is 0 Å². The van der Waals surface area contributed by atoms with Crippen LogP contribution in [0, 0.1) is 0 Å². The van der Waals surface area contributed by atoms with Gasteiger partial charge in [-0.25, -0.2) is 0 Å². The molecular formula is C22H26N4O. The van der Waals surface area contributed by atoms with Crippen LogP contribution in [0.1, 0.15) is 5.56 Å². The predicted octanol–water partition coefficient (Wildman–Crippen LogP) is 3.28. The molecule has 0 spiro atoms. The Labute approximate surface area is 160 Å². The summed E-state index contributed by atoms with van der Waals surface area (Å²) in [4.78, 5) is 14.2. The largest absolute Gasteiger partial charge is 0.369 e. The van der Waals surface area contributed by atoms with Crippen molar-refractivity contribution in [1.82, 2.24) is 9.88 Å². The molecule has 0 amide bonds. The molecule has 5 nitrogen and oxygen atoms in total. The number of H-pyrrole nitrogens is 1. The Kier molecular flexibility index (Phi) is 4.47. The van der Waals surface area contributed by atoms with Crippen LogP contribution < -0.4 is 9.96 Å². The number of aromatic nitrogens is 1. The lowest BCUT2D eigenvalue weighted by Gasteiger charge is -2.38. The second kappa shape index (κ2) is 7.25. The number of hydrogen-bond donors (Lipinski definition) is 1. The van der Waals surface area contributed by atoms with E-state index < -0.39 is 0 Å². The van der Waals surface area contributed by atoms with Gasteiger partial charge in [0, 0.05) is 61.9 Å². The van der Waals surface area contributed by atoms with Crippen molar-refractivity contribution >= 4 is 22.3 Å². The molecule has 0 unspecified atom stereocenters. The van der Waals surface area contributed by atoms with E-state index in [4.69, 9.17) is 4.84 Å². The van der Waals surface area contributed by atoms with E-state index in [1.807, 2.05) is 6.20 Å². The molecule has 3 aromatic rings. The van der Waals surface area contributed by atoms with Crippen molar-refractivity contribution in [2.75, 3.05) is 55.8 Å². The van der Waals surface area contributed by atoms with E-state index in [1.165, 1.54) is 27.8 Å². The number of nitrogens with zero attached hydrogens (tertiary/aromatic N) is 3. The molecule has 2 aliphatic rings. The van der Waals surface area contributed by atoms with Gasteiger partial charge in [0.1, 0.15) is 0 Å². The summed E-state index contributed by atoms with van der Waals surface area (Å²) in [6.45, 7) is 7.10. The summed E-state index contributed by atoms with van der Waals surface area (Å²) in [5.74, 6) is 0. The number of para-hydroxylation sites is 1. The molecule has 1 N–H and O–H groups in total. The zero-order valence-corrected chi connectivity index (χ0v) is 15.6. The van der Waals surface area contributed by atoms with E-state index in [-0.39, 0.29) is 0 Å². The average molecular weight is 362 g/mol. The molecule has 1 aromatic heterocycles. The molecule has 0 radical (unpaired) electrons. The molecule has 2 aromatic carbocycles. The average Bonchev–Trinajstić information content (AvgIpc) is 3.20. The van der Waals surface area contributed by atoms with Gasteiger partial charge >= 0.3 is 0 Å². The van der Waals surface area contributed by atoms with Crippen LogP contribution >= 0.6 is 0 Å². The molecule has 27 heavy (non-hydrogen) atoms. The third-order valence-electron chi connectivity index (χ3n) is 5.77. The Morgan fingerprint density at radius 3 is 2.74 bits per heavy atom. The van der Waals surface area contributed by atoms with E-state index in [9.17, 15) is 0 Å². The van der Waals surface area contributed by atoms with Crippen LogP contribution in [-0.4, -0.2) is 55.8 Å². The van der Waals surface area contributed by atoms with Crippen LogP contribution in [0.25, 0.3) is 10.9 Å². The van der Waals surface area contributed by atoms with Gasteiger partial charge in [0.15, 0.2) is 0 Å². The fraction of sp³-hybridized carbons (Fsp3) is 0.364. The standard InChI is InChI=1S/C22H26N4O/c1-2-4-22-18(3-1)8-16-27-26(22)15-12-24-10-13-25(14-11-24)20-5-6-21-19(17-20)7-9-23-21/h1-7,9,17,23H,8,10-16H2. The molecule has 0 aliphatic carbocycles. The van der Waals surface area contributed by atoms with Gasteiger partial charge in [-0.15, -0.1) is 0 Å². The number of hydrogen-bond acceptors (Lipinski definition) is 4. The maximum Gasteiger partial charge on any atom is 0.0789 e. The second-order valence-corrected chi connectivity index (χ2v) is 7.39. The maximum atomic E-state index is 5.91. The summed E-state index contributed by atoms with van der Waals surface area (Å²) < 4.78 is 0. The first-order valence-corrected chi connectivity index (χ1v) is 9.90. The lowest BCUT2D eigenvalue weighted by molar-refractivity contribution is 0.0921. The lowest BCUT2D eigenvalue weighted by atomic mass is 10.1. The first-order chi connectivity index (χ1) is 13.4. The second-order valence-electron chi connectivity index (χ2n) is 7.39. The molecule has 5 heteroatoms. The summed E-state index contributed by atoms with van der Waals surface area (Å²) >= 11 is 0. The summed E-state index contributed by atoms with van der Waals surface area (Å²) in [5, 5.41) is 3.38. The van der Waals surface area contributed by atoms with Gasteiger partial charge in [-0.2, -0.15) is 0 Å². The first kappa shape index (κ1) is 16.7. The number of anilines is 2. The van der Waals surface area contributed by atoms with Crippen molar-refractivity contribution in [2.24, 2.45) is 0 Å². The van der Waals surface area contributed by atoms with E-state index in [2.05, 4.69) is 68.4 Å². The van der Waals surface area contributed by atoms with Crippen molar-refractivity contribution < 1.29 is 4.84 Å². The normalized spacial score (nSPS) is 18.1. The molecule has 0 bridgehead atoms. The molecule has 5 rings (SSSR count). The van der Waals surface area contributed by atoms with Crippen LogP contribution in [0.15, 0.2) is 54.7 Å². The molecule has 1 fully saturated rings. The van der Waals surface area contributed by atoms with E-state index in [1.54, 1.807) is 0 Å². The zero-order chi connectivity index (χ0) is 18.1. The van der Waals surface area contributed by atoms with Gasteiger partial charge < -0.3 is 9.88 Å². The highest BCUT2D eigenvalue weighted by molar-refractivity contribution is 5.83. The Morgan fingerprint density at radius 2 is 1.81 bits per heavy atom. The Morgan fingerprint density at radius 1 is 0.926 bits per heavy atom. The van der Waals surface area contributed by atoms with Gasteiger partial charge in [0.05, 0.1) is 18.8 Å². The molecule has 0 saturated carbocycles. The SMILES string of the molecule is c1ccc2c(c1)CCON2CCN1CCN(c2ccc3[nH]ccc3c2)CC1. The minimum atomic E-state index is 0.784. The molecule has 1 saturated heterocycles. The summed E-state index contributed by atoms with van der Waals surface area (Å²) in [7, 11) is 0. The quantitative estimate of drug-likeness (QED) is 0.772. The number of rotatable bonds is 4. The monoisotopic (exact) mass is 362 g/mol. The van der Waals surface area contributed by atoms with E-state index in [0.29, 0.717) is 0 Å². The molecule has 140 valence electrons. The van der Waals surface area contributed by atoms with E-state index >= 15 is 0 Å². The Hall–Kier alpha value is -2.50. The maximum absolute atomic E-state index is 5.91. The third kappa shape index (κ3) is 3.40. The van der Waals surface area contributed by atoms with E-state index in [0.717, 1.165) is 52.3 Å². The van der Waals surface area contributed by atoms with Crippen molar-refractivity contribution in [3.05, 3.63) is 60.3 Å². The lowest BCUT2D eigenvalue weighted by Crippen LogP contribution is -2.48. The number of aromatic amines is 1. The minimum Gasteiger partial charge on any atom is -0.369 e. The van der Waals surface area contributed by atoms with Gasteiger partial charge in [-0.05, 0) is 35.9 Å². The summed E-state index contributed by atoms with van der Waals surface area (Å²) in [5.41, 5.74) is 5.17. The van der Waals surface area contributed by atoms with Gasteiger partial charge in [0.25, 0.3) is 0 Å². The predicted molar refractivity (Wildman–Crippen MR) is 110 cm³/mol. The fourth-order valence-electron chi connectivity index (χ4n) is 4.19. The van der Waals surface area contributed by atoms with Gasteiger partial charge in [-0.1, -0.05) is 18.2 Å². The van der Waals surface area contributed by atoms with Crippen LogP contribution in [0.5, 0.6) is 0 Å². The zero-order valence-electron chi connectivity index (χ0n) is 15.6. The highest BCUT2D eigenvalue weighted by atomic mass is 16.7.